The van der Waals surface area contributed by atoms with Crippen molar-refractivity contribution in [2.45, 2.75) is 26.8 Å². The highest BCUT2D eigenvalue weighted by Gasteiger charge is 2.24. The molecule has 0 spiro atoms. The fourth-order valence-electron chi connectivity index (χ4n) is 3.63. The Hall–Kier alpha value is -3.08. The zero-order valence-corrected chi connectivity index (χ0v) is 15.6. The smallest absolute Gasteiger partial charge is 0.251 e. The van der Waals surface area contributed by atoms with Gasteiger partial charge in [-0.25, -0.2) is 0 Å². The zero-order chi connectivity index (χ0) is 19.0. The zero-order valence-electron chi connectivity index (χ0n) is 15.6. The number of fused-ring (bicyclic) bond motifs is 3. The summed E-state index contributed by atoms with van der Waals surface area (Å²) in [6.07, 6.45) is 0.806. The summed E-state index contributed by atoms with van der Waals surface area (Å²) in [5, 5.41) is 3.93. The number of benzene rings is 2. The van der Waals surface area contributed by atoms with Gasteiger partial charge in [0.15, 0.2) is 0 Å². The van der Waals surface area contributed by atoms with Crippen LogP contribution in [-0.4, -0.2) is 34.8 Å². The minimum absolute atomic E-state index is 0.0173. The number of nitrogens with zero attached hydrogens (tertiary/aromatic N) is 1. The van der Waals surface area contributed by atoms with E-state index in [9.17, 15) is 9.59 Å². The molecule has 4 rings (SSSR count). The van der Waals surface area contributed by atoms with Crippen molar-refractivity contribution in [1.82, 2.24) is 15.2 Å². The third-order valence-electron chi connectivity index (χ3n) is 5.40. The maximum atomic E-state index is 12.6. The molecule has 0 fully saturated rings. The van der Waals surface area contributed by atoms with Gasteiger partial charge >= 0.3 is 0 Å². The lowest BCUT2D eigenvalue weighted by Crippen LogP contribution is -2.42. The summed E-state index contributed by atoms with van der Waals surface area (Å²) >= 11 is 0. The maximum Gasteiger partial charge on any atom is 0.251 e. The van der Waals surface area contributed by atoms with Gasteiger partial charge < -0.3 is 15.2 Å². The highest BCUT2D eigenvalue weighted by atomic mass is 16.2. The summed E-state index contributed by atoms with van der Waals surface area (Å²) in [6.45, 7) is 5.25. The fraction of sp³-hybridized carbons (Fsp3) is 0.273. The van der Waals surface area contributed by atoms with Crippen LogP contribution in [0.4, 0.5) is 0 Å². The summed E-state index contributed by atoms with van der Waals surface area (Å²) in [5.41, 5.74) is 6.30. The van der Waals surface area contributed by atoms with Gasteiger partial charge in [-0.3, -0.25) is 9.59 Å². The van der Waals surface area contributed by atoms with Gasteiger partial charge in [-0.15, -0.1) is 0 Å². The number of aromatic amines is 1. The molecule has 2 N–H and O–H groups in total. The molecule has 138 valence electrons. The fourth-order valence-corrected chi connectivity index (χ4v) is 3.63. The minimum atomic E-state index is -0.212. The Morgan fingerprint density at radius 1 is 1.11 bits per heavy atom. The minimum Gasteiger partial charge on any atom is -0.358 e. The average Bonchev–Trinajstić information content (AvgIpc) is 3.05. The number of rotatable bonds is 3. The number of hydrogen-bond donors (Lipinski definition) is 2. The number of amides is 2. The molecule has 0 saturated carbocycles. The van der Waals surface area contributed by atoms with Gasteiger partial charge in [-0.05, 0) is 43.2 Å². The second kappa shape index (κ2) is 6.91. The van der Waals surface area contributed by atoms with Crippen LogP contribution in [0.2, 0.25) is 0 Å². The lowest BCUT2D eigenvalue weighted by Gasteiger charge is -2.27. The summed E-state index contributed by atoms with van der Waals surface area (Å²) in [4.78, 5) is 30.2. The van der Waals surface area contributed by atoms with Gasteiger partial charge in [0.05, 0.1) is 6.54 Å². The molecule has 1 aliphatic rings. The lowest BCUT2D eigenvalue weighted by molar-refractivity contribution is -0.131. The van der Waals surface area contributed by atoms with Crippen LogP contribution in [0, 0.1) is 13.8 Å². The standard InChI is InChI=1S/C22H23N3O2/c1-14-7-8-16(11-15(14)2)22(27)23-12-21(26)25-10-9-20-18(13-25)17-5-3-4-6-19(17)24-20/h3-8,11,24H,9-10,12-13H2,1-2H3,(H,23,27). The number of carbonyl (C=O) groups is 2. The van der Waals surface area contributed by atoms with Crippen molar-refractivity contribution in [3.05, 3.63) is 70.4 Å². The van der Waals surface area contributed by atoms with Crippen LogP contribution < -0.4 is 5.32 Å². The van der Waals surface area contributed by atoms with Gasteiger partial charge in [-0.2, -0.15) is 0 Å². The van der Waals surface area contributed by atoms with E-state index in [4.69, 9.17) is 0 Å². The molecule has 5 nitrogen and oxygen atoms in total. The molecule has 1 aliphatic heterocycles. The predicted octanol–water partition coefficient (Wildman–Crippen LogP) is 3.10. The van der Waals surface area contributed by atoms with E-state index in [-0.39, 0.29) is 18.4 Å². The van der Waals surface area contributed by atoms with Crippen LogP contribution in [0.3, 0.4) is 0 Å². The number of para-hydroxylation sites is 1. The Balaban J connectivity index is 1.42. The molecule has 2 aromatic carbocycles. The third-order valence-corrected chi connectivity index (χ3v) is 5.40. The molecule has 1 aromatic heterocycles. The van der Waals surface area contributed by atoms with Crippen molar-refractivity contribution in [2.24, 2.45) is 0 Å². The van der Waals surface area contributed by atoms with E-state index >= 15 is 0 Å². The van der Waals surface area contributed by atoms with Crippen LogP contribution in [0.5, 0.6) is 0 Å². The Morgan fingerprint density at radius 2 is 1.93 bits per heavy atom. The average molecular weight is 361 g/mol. The monoisotopic (exact) mass is 361 g/mol. The molecule has 0 bridgehead atoms. The normalized spacial score (nSPS) is 13.5. The van der Waals surface area contributed by atoms with E-state index in [2.05, 4.69) is 22.4 Å². The molecule has 2 heterocycles. The molecule has 0 unspecified atom stereocenters. The van der Waals surface area contributed by atoms with E-state index in [0.717, 1.165) is 23.1 Å². The van der Waals surface area contributed by atoms with Gasteiger partial charge in [0, 0.05) is 47.2 Å². The van der Waals surface area contributed by atoms with E-state index < -0.39 is 0 Å². The SMILES string of the molecule is Cc1ccc(C(=O)NCC(=O)N2CCc3[nH]c4ccccc4c3C2)cc1C. The quantitative estimate of drug-likeness (QED) is 0.753. The molecule has 2 amide bonds. The van der Waals surface area contributed by atoms with Gasteiger partial charge in [0.1, 0.15) is 0 Å². The molecule has 5 heteroatoms. The van der Waals surface area contributed by atoms with E-state index in [1.54, 1.807) is 6.07 Å². The van der Waals surface area contributed by atoms with Crippen LogP contribution in [0.1, 0.15) is 32.7 Å². The summed E-state index contributed by atoms with van der Waals surface area (Å²) in [7, 11) is 0. The van der Waals surface area contributed by atoms with E-state index in [1.165, 1.54) is 16.6 Å². The molecule has 3 aromatic rings. The maximum absolute atomic E-state index is 12.6. The highest BCUT2D eigenvalue weighted by Crippen LogP contribution is 2.27. The number of H-pyrrole nitrogens is 1. The van der Waals surface area contributed by atoms with Crippen LogP contribution in [-0.2, 0) is 17.8 Å². The molecule has 27 heavy (non-hydrogen) atoms. The second-order valence-electron chi connectivity index (χ2n) is 7.17. The topological polar surface area (TPSA) is 65.2 Å². The Bertz CT molecular complexity index is 1040. The Labute approximate surface area is 158 Å². The van der Waals surface area contributed by atoms with Crippen molar-refractivity contribution in [3.63, 3.8) is 0 Å². The van der Waals surface area contributed by atoms with Crippen LogP contribution >= 0.6 is 0 Å². The molecule has 0 radical (unpaired) electrons. The Kier molecular flexibility index (Phi) is 4.44. The highest BCUT2D eigenvalue weighted by molar-refractivity contribution is 5.96. The van der Waals surface area contributed by atoms with Crippen molar-refractivity contribution < 1.29 is 9.59 Å². The van der Waals surface area contributed by atoms with Crippen molar-refractivity contribution >= 4 is 22.7 Å². The number of hydrogen-bond acceptors (Lipinski definition) is 2. The largest absolute Gasteiger partial charge is 0.358 e. The lowest BCUT2D eigenvalue weighted by atomic mass is 10.0. The molecular weight excluding hydrogens is 338 g/mol. The van der Waals surface area contributed by atoms with Crippen LogP contribution in [0.25, 0.3) is 10.9 Å². The first-order chi connectivity index (χ1) is 13.0. The summed E-state index contributed by atoms with van der Waals surface area (Å²) in [5.74, 6) is -0.264. The molecule has 0 aliphatic carbocycles. The first-order valence-corrected chi connectivity index (χ1v) is 9.24. The van der Waals surface area contributed by atoms with Crippen molar-refractivity contribution in [3.8, 4) is 0 Å². The third kappa shape index (κ3) is 3.33. The molecule has 0 atom stereocenters. The number of nitrogens with one attached hydrogen (secondary N) is 2. The Morgan fingerprint density at radius 3 is 2.74 bits per heavy atom. The second-order valence-corrected chi connectivity index (χ2v) is 7.17. The number of aromatic nitrogens is 1. The molecule has 0 saturated heterocycles. The summed E-state index contributed by atoms with van der Waals surface area (Å²) in [6, 6.07) is 13.7. The first-order valence-electron chi connectivity index (χ1n) is 9.24. The number of aryl methyl sites for hydroxylation is 2. The van der Waals surface area contributed by atoms with Crippen molar-refractivity contribution in [1.29, 1.82) is 0 Å². The first kappa shape index (κ1) is 17.3. The summed E-state index contributed by atoms with van der Waals surface area (Å²) < 4.78 is 0. The number of carbonyl (C=O) groups excluding carboxylic acids is 2. The van der Waals surface area contributed by atoms with Crippen LogP contribution in [0.15, 0.2) is 42.5 Å². The van der Waals surface area contributed by atoms with Gasteiger partial charge in [0.2, 0.25) is 5.91 Å². The van der Waals surface area contributed by atoms with E-state index in [1.807, 2.05) is 43.0 Å². The molecular formula is C22H23N3O2. The van der Waals surface area contributed by atoms with Crippen molar-refractivity contribution in [2.75, 3.05) is 13.1 Å². The van der Waals surface area contributed by atoms with Gasteiger partial charge in [-0.1, -0.05) is 24.3 Å². The van der Waals surface area contributed by atoms with Gasteiger partial charge in [0.25, 0.3) is 5.91 Å². The van der Waals surface area contributed by atoms with E-state index in [0.29, 0.717) is 18.7 Å². The predicted molar refractivity (Wildman–Crippen MR) is 106 cm³/mol.